The molecule has 0 aliphatic heterocycles. The van der Waals surface area contributed by atoms with E-state index in [0.29, 0.717) is 5.92 Å². The molecule has 0 saturated heterocycles. The molecule has 0 bridgehead atoms. The van der Waals surface area contributed by atoms with Crippen molar-refractivity contribution >= 4 is 0 Å². The van der Waals surface area contributed by atoms with Gasteiger partial charge in [-0.25, -0.2) is 0 Å². The summed E-state index contributed by atoms with van der Waals surface area (Å²) in [6, 6.07) is 6.26. The van der Waals surface area contributed by atoms with Crippen molar-refractivity contribution in [2.45, 2.75) is 148 Å². The Morgan fingerprint density at radius 2 is 1.09 bits per heavy atom. The maximum atomic E-state index is 5.83. The lowest BCUT2D eigenvalue weighted by Crippen LogP contribution is -1.97. The van der Waals surface area contributed by atoms with Crippen molar-refractivity contribution in [2.24, 2.45) is 0 Å². The monoisotopic (exact) mass is 445 g/mol. The number of nitrogens with zero attached hydrogens (tertiary/aromatic N) is 1. The molecule has 2 nitrogen and oxygen atoms in total. The van der Waals surface area contributed by atoms with Crippen LogP contribution in [0.5, 0.6) is 0 Å². The summed E-state index contributed by atoms with van der Waals surface area (Å²) in [4.78, 5) is 4.48. The van der Waals surface area contributed by atoms with Gasteiger partial charge in [0.25, 0.3) is 0 Å². The fraction of sp³-hybridized carbons (Fsp3) is 0.833. The number of hydrogen-bond acceptors (Lipinski definition) is 2. The molecule has 0 aliphatic carbocycles. The molecule has 0 spiro atoms. The van der Waals surface area contributed by atoms with Gasteiger partial charge in [-0.15, -0.1) is 0 Å². The second-order valence-corrected chi connectivity index (χ2v) is 9.92. The zero-order valence-corrected chi connectivity index (χ0v) is 21.8. The van der Waals surface area contributed by atoms with Gasteiger partial charge in [0.1, 0.15) is 0 Å². The largest absolute Gasteiger partial charge is 0.381 e. The van der Waals surface area contributed by atoms with Crippen LogP contribution in [0.1, 0.15) is 154 Å². The smallest absolute Gasteiger partial charge is 0.0466 e. The molecule has 186 valence electrons. The number of rotatable bonds is 24. The topological polar surface area (TPSA) is 22.1 Å². The van der Waals surface area contributed by atoms with Crippen LogP contribution < -0.4 is 0 Å². The molecule has 2 heteroatoms. The van der Waals surface area contributed by atoms with Crippen molar-refractivity contribution in [2.75, 3.05) is 13.2 Å². The standard InChI is InChI=1S/C30H55NO/c1-3-4-5-6-7-8-9-11-14-17-22-27-32-28-23-18-15-12-10-13-16-19-24-29(2)30-25-20-21-26-31-30/h20-21,25-26,29H,3-19,22-24,27-28H2,1-2H3. The van der Waals surface area contributed by atoms with Gasteiger partial charge in [0.05, 0.1) is 0 Å². The van der Waals surface area contributed by atoms with Crippen LogP contribution >= 0.6 is 0 Å². The van der Waals surface area contributed by atoms with Gasteiger partial charge in [0, 0.05) is 25.1 Å². The Balaban J connectivity index is 1.69. The lowest BCUT2D eigenvalue weighted by molar-refractivity contribution is 0.125. The van der Waals surface area contributed by atoms with E-state index in [1.807, 2.05) is 12.3 Å². The predicted octanol–water partition coefficient (Wildman–Crippen LogP) is 10.0. The van der Waals surface area contributed by atoms with Crippen molar-refractivity contribution in [3.63, 3.8) is 0 Å². The summed E-state index contributed by atoms with van der Waals surface area (Å²) in [5.74, 6) is 0.598. The highest BCUT2D eigenvalue weighted by Gasteiger charge is 2.05. The summed E-state index contributed by atoms with van der Waals surface area (Å²) in [7, 11) is 0. The van der Waals surface area contributed by atoms with Gasteiger partial charge in [-0.1, -0.05) is 129 Å². The molecule has 1 atom stereocenters. The zero-order valence-electron chi connectivity index (χ0n) is 21.8. The molecule has 1 unspecified atom stereocenters. The summed E-state index contributed by atoms with van der Waals surface area (Å²) in [6.45, 7) is 6.55. The third kappa shape index (κ3) is 18.7. The quantitative estimate of drug-likeness (QED) is 0.148. The van der Waals surface area contributed by atoms with E-state index < -0.39 is 0 Å². The Bertz CT molecular complexity index is 475. The first-order chi connectivity index (χ1) is 15.8. The molecule has 0 N–H and O–H groups in total. The number of unbranched alkanes of at least 4 members (excludes halogenated alkanes) is 17. The van der Waals surface area contributed by atoms with Gasteiger partial charge in [0.15, 0.2) is 0 Å². The Kier molecular flexibility index (Phi) is 21.2. The molecular formula is C30H55NO. The van der Waals surface area contributed by atoms with Crippen LogP contribution in [0.25, 0.3) is 0 Å². The molecule has 0 aliphatic rings. The van der Waals surface area contributed by atoms with E-state index in [0.717, 1.165) is 13.2 Å². The first-order valence-electron chi connectivity index (χ1n) is 14.3. The number of hydrogen-bond donors (Lipinski definition) is 0. The normalized spacial score (nSPS) is 12.3. The maximum Gasteiger partial charge on any atom is 0.0466 e. The number of aromatic nitrogens is 1. The minimum atomic E-state index is 0.598. The summed E-state index contributed by atoms with van der Waals surface area (Å²) < 4.78 is 5.83. The van der Waals surface area contributed by atoms with Crippen LogP contribution in [-0.4, -0.2) is 18.2 Å². The molecule has 1 heterocycles. The van der Waals surface area contributed by atoms with Gasteiger partial charge in [-0.05, 0) is 37.3 Å². The average molecular weight is 446 g/mol. The van der Waals surface area contributed by atoms with Gasteiger partial charge in [-0.2, -0.15) is 0 Å². The molecule has 0 fully saturated rings. The van der Waals surface area contributed by atoms with E-state index >= 15 is 0 Å². The van der Waals surface area contributed by atoms with Gasteiger partial charge < -0.3 is 4.74 Å². The molecule has 1 aromatic heterocycles. The molecule has 0 saturated carbocycles. The van der Waals surface area contributed by atoms with Crippen LogP contribution in [0.4, 0.5) is 0 Å². The van der Waals surface area contributed by atoms with E-state index in [1.165, 1.54) is 134 Å². The molecule has 0 amide bonds. The van der Waals surface area contributed by atoms with Crippen LogP contribution in [0.15, 0.2) is 24.4 Å². The van der Waals surface area contributed by atoms with E-state index in [4.69, 9.17) is 4.74 Å². The minimum Gasteiger partial charge on any atom is -0.381 e. The van der Waals surface area contributed by atoms with E-state index in [2.05, 4.69) is 31.0 Å². The van der Waals surface area contributed by atoms with Crippen molar-refractivity contribution in [3.8, 4) is 0 Å². The first kappa shape index (κ1) is 29.1. The molecule has 0 aromatic carbocycles. The molecule has 1 rings (SSSR count). The first-order valence-corrected chi connectivity index (χ1v) is 14.3. The fourth-order valence-corrected chi connectivity index (χ4v) is 4.50. The summed E-state index contributed by atoms with van der Waals surface area (Å²) >= 11 is 0. The zero-order chi connectivity index (χ0) is 23.0. The lowest BCUT2D eigenvalue weighted by atomic mass is 9.98. The Labute approximate surface area is 201 Å². The van der Waals surface area contributed by atoms with E-state index in [-0.39, 0.29) is 0 Å². The molecule has 1 aromatic rings. The Morgan fingerprint density at radius 1 is 0.625 bits per heavy atom. The van der Waals surface area contributed by atoms with Crippen LogP contribution in [0.2, 0.25) is 0 Å². The minimum absolute atomic E-state index is 0.598. The number of pyridine rings is 1. The second-order valence-electron chi connectivity index (χ2n) is 9.92. The highest BCUT2D eigenvalue weighted by atomic mass is 16.5. The predicted molar refractivity (Wildman–Crippen MR) is 141 cm³/mol. The third-order valence-corrected chi connectivity index (χ3v) is 6.76. The van der Waals surface area contributed by atoms with Crippen molar-refractivity contribution in [1.29, 1.82) is 0 Å². The van der Waals surface area contributed by atoms with Crippen molar-refractivity contribution < 1.29 is 4.74 Å². The van der Waals surface area contributed by atoms with Crippen molar-refractivity contribution in [3.05, 3.63) is 30.1 Å². The SMILES string of the molecule is CCCCCCCCCCCCCOCCCCCCCCCCC(C)c1ccccn1. The van der Waals surface area contributed by atoms with E-state index in [9.17, 15) is 0 Å². The van der Waals surface area contributed by atoms with Gasteiger partial charge in [0.2, 0.25) is 0 Å². The second kappa shape index (κ2) is 23.3. The lowest BCUT2D eigenvalue weighted by Gasteiger charge is -2.10. The maximum absolute atomic E-state index is 5.83. The van der Waals surface area contributed by atoms with Crippen LogP contribution in [0, 0.1) is 0 Å². The van der Waals surface area contributed by atoms with Crippen molar-refractivity contribution in [1.82, 2.24) is 4.98 Å². The Morgan fingerprint density at radius 3 is 1.56 bits per heavy atom. The molecule has 0 radical (unpaired) electrons. The highest BCUT2D eigenvalue weighted by molar-refractivity contribution is 5.08. The number of ether oxygens (including phenoxy) is 1. The van der Waals surface area contributed by atoms with E-state index in [1.54, 1.807) is 0 Å². The molecule has 32 heavy (non-hydrogen) atoms. The fourth-order valence-electron chi connectivity index (χ4n) is 4.50. The Hall–Kier alpha value is -0.890. The summed E-state index contributed by atoms with van der Waals surface area (Å²) in [5.41, 5.74) is 1.25. The third-order valence-electron chi connectivity index (χ3n) is 6.76. The van der Waals surface area contributed by atoms with Crippen LogP contribution in [0.3, 0.4) is 0 Å². The average Bonchev–Trinajstić information content (AvgIpc) is 2.82. The van der Waals surface area contributed by atoms with Crippen LogP contribution in [-0.2, 0) is 4.74 Å². The highest BCUT2D eigenvalue weighted by Crippen LogP contribution is 2.20. The molecular weight excluding hydrogens is 390 g/mol. The summed E-state index contributed by atoms with van der Waals surface area (Å²) in [6.07, 6.45) is 29.5. The van der Waals surface area contributed by atoms with Gasteiger partial charge >= 0.3 is 0 Å². The summed E-state index contributed by atoms with van der Waals surface area (Å²) in [5, 5.41) is 0. The van der Waals surface area contributed by atoms with Gasteiger partial charge in [-0.3, -0.25) is 4.98 Å².